The fourth-order valence-electron chi connectivity index (χ4n) is 3.87. The first-order valence-corrected chi connectivity index (χ1v) is 9.25. The molecular weight excluding hydrogens is 349 g/mol. The van der Waals surface area contributed by atoms with Gasteiger partial charge in [0.25, 0.3) is 0 Å². The highest BCUT2D eigenvalue weighted by Crippen LogP contribution is 2.30. The van der Waals surface area contributed by atoms with Gasteiger partial charge in [0.05, 0.1) is 0 Å². The van der Waals surface area contributed by atoms with Crippen LogP contribution in [0.25, 0.3) is 0 Å². The van der Waals surface area contributed by atoms with Gasteiger partial charge in [-0.1, -0.05) is 6.92 Å². The molecule has 2 saturated heterocycles. The Morgan fingerprint density at radius 3 is 2.48 bits per heavy atom. The van der Waals surface area contributed by atoms with Crippen molar-refractivity contribution in [3.8, 4) is 0 Å². The molecule has 0 radical (unpaired) electrons. The van der Waals surface area contributed by atoms with Crippen molar-refractivity contribution in [1.82, 2.24) is 15.1 Å². The minimum absolute atomic E-state index is 0. The molecule has 2 aliphatic rings. The average molecular weight is 380 g/mol. The van der Waals surface area contributed by atoms with Gasteiger partial charge in [-0.2, -0.15) is 0 Å². The zero-order valence-corrected chi connectivity index (χ0v) is 16.8. The molecule has 0 saturated carbocycles. The quantitative estimate of drug-likeness (QED) is 0.867. The van der Waals surface area contributed by atoms with Crippen LogP contribution in [0, 0.1) is 0 Å². The molecule has 23 heavy (non-hydrogen) atoms. The molecule has 6 heteroatoms. The summed E-state index contributed by atoms with van der Waals surface area (Å²) in [5, 5.41) is 3.53. The third-order valence-corrected chi connectivity index (χ3v) is 6.49. The van der Waals surface area contributed by atoms with Crippen LogP contribution in [0.15, 0.2) is 12.1 Å². The summed E-state index contributed by atoms with van der Waals surface area (Å²) in [6.45, 7) is 9.49. The van der Waals surface area contributed by atoms with Crippen LogP contribution >= 0.6 is 36.2 Å². The largest absolute Gasteiger partial charge is 0.317 e. The monoisotopic (exact) mass is 379 g/mol. The fraction of sp³-hybridized carbons (Fsp3) is 0.765. The summed E-state index contributed by atoms with van der Waals surface area (Å²) in [4.78, 5) is 8.42. The predicted octanol–water partition coefficient (Wildman–Crippen LogP) is 3.41. The second-order valence-electron chi connectivity index (χ2n) is 6.68. The molecule has 3 rings (SSSR count). The summed E-state index contributed by atoms with van der Waals surface area (Å²) < 4.78 is 0. The number of hydrogen-bond acceptors (Lipinski definition) is 4. The van der Waals surface area contributed by atoms with Crippen molar-refractivity contribution < 1.29 is 0 Å². The van der Waals surface area contributed by atoms with Crippen LogP contribution in [-0.4, -0.2) is 55.1 Å². The van der Waals surface area contributed by atoms with Crippen LogP contribution in [0.3, 0.4) is 0 Å². The number of thiophene rings is 1. The standard InChI is InChI=1S/C17H29N3S.2ClH/c1-3-15-5-6-16(21-15)13-20-12-4-11-19(2)17(14-20)7-9-18-10-8-17;;/h5-6,18H,3-4,7-14H2,1-2H3;2*1H. The lowest BCUT2D eigenvalue weighted by Gasteiger charge is -2.45. The van der Waals surface area contributed by atoms with E-state index in [-0.39, 0.29) is 24.8 Å². The van der Waals surface area contributed by atoms with E-state index in [1.165, 1.54) is 63.3 Å². The first kappa shape index (κ1) is 21.2. The Morgan fingerprint density at radius 2 is 1.83 bits per heavy atom. The first-order chi connectivity index (χ1) is 10.2. The van der Waals surface area contributed by atoms with Crippen molar-refractivity contribution in [2.75, 3.05) is 39.8 Å². The molecule has 2 aliphatic heterocycles. The third-order valence-electron chi connectivity index (χ3n) is 5.28. The van der Waals surface area contributed by atoms with Crippen LogP contribution in [0.1, 0.15) is 35.9 Å². The van der Waals surface area contributed by atoms with Crippen LogP contribution in [0.5, 0.6) is 0 Å². The highest BCUT2D eigenvalue weighted by molar-refractivity contribution is 7.11. The van der Waals surface area contributed by atoms with Gasteiger partial charge in [-0.25, -0.2) is 0 Å². The fourth-order valence-corrected chi connectivity index (χ4v) is 4.87. The van der Waals surface area contributed by atoms with Gasteiger partial charge in [0.15, 0.2) is 0 Å². The van der Waals surface area contributed by atoms with Gasteiger partial charge in [0.2, 0.25) is 0 Å². The number of piperidine rings is 1. The van der Waals surface area contributed by atoms with Gasteiger partial charge in [0, 0.05) is 28.4 Å². The summed E-state index contributed by atoms with van der Waals surface area (Å²) in [7, 11) is 2.34. The number of nitrogens with one attached hydrogen (secondary N) is 1. The van der Waals surface area contributed by atoms with Crippen LogP contribution in [0.2, 0.25) is 0 Å². The molecule has 0 unspecified atom stereocenters. The number of nitrogens with zero attached hydrogens (tertiary/aromatic N) is 2. The van der Waals surface area contributed by atoms with E-state index in [0.29, 0.717) is 5.54 Å². The summed E-state index contributed by atoms with van der Waals surface area (Å²) in [6, 6.07) is 4.65. The van der Waals surface area contributed by atoms with Crippen molar-refractivity contribution in [3.05, 3.63) is 21.9 Å². The minimum atomic E-state index is 0. The Bertz CT molecular complexity index is 460. The summed E-state index contributed by atoms with van der Waals surface area (Å²) in [5.74, 6) is 0. The molecule has 3 nitrogen and oxygen atoms in total. The average Bonchev–Trinajstić information content (AvgIpc) is 2.90. The van der Waals surface area contributed by atoms with Gasteiger partial charge < -0.3 is 5.32 Å². The molecular formula is C17H31Cl2N3S. The highest BCUT2D eigenvalue weighted by Gasteiger charge is 2.38. The molecule has 3 heterocycles. The molecule has 1 aromatic heterocycles. The second-order valence-corrected chi connectivity index (χ2v) is 7.93. The summed E-state index contributed by atoms with van der Waals surface area (Å²) in [6.07, 6.45) is 5.07. The lowest BCUT2D eigenvalue weighted by molar-refractivity contribution is 0.0640. The maximum Gasteiger partial charge on any atom is 0.0357 e. The molecule has 0 bridgehead atoms. The van der Waals surface area contributed by atoms with E-state index in [0.717, 1.165) is 6.54 Å². The van der Waals surface area contributed by atoms with E-state index >= 15 is 0 Å². The van der Waals surface area contributed by atoms with Crippen molar-refractivity contribution in [2.24, 2.45) is 0 Å². The molecule has 0 aliphatic carbocycles. The lowest BCUT2D eigenvalue weighted by atomic mass is 9.86. The highest BCUT2D eigenvalue weighted by atomic mass is 35.5. The van der Waals surface area contributed by atoms with E-state index in [2.05, 4.69) is 41.2 Å². The normalized spacial score (nSPS) is 22.2. The Kier molecular flexibility index (Phi) is 8.84. The molecule has 2 fully saturated rings. The molecule has 0 atom stereocenters. The SMILES string of the molecule is CCc1ccc(CN2CCCN(C)C3(CCNCC3)C2)s1.Cl.Cl. The van der Waals surface area contributed by atoms with Crippen LogP contribution in [-0.2, 0) is 13.0 Å². The second kappa shape index (κ2) is 9.59. The first-order valence-electron chi connectivity index (χ1n) is 8.44. The zero-order chi connectivity index (χ0) is 14.7. The molecule has 1 N–H and O–H groups in total. The van der Waals surface area contributed by atoms with Gasteiger partial charge >= 0.3 is 0 Å². The lowest BCUT2D eigenvalue weighted by Crippen LogP contribution is -2.57. The predicted molar refractivity (Wildman–Crippen MR) is 106 cm³/mol. The van der Waals surface area contributed by atoms with Gasteiger partial charge in [-0.3, -0.25) is 9.80 Å². The number of hydrogen-bond donors (Lipinski definition) is 1. The molecule has 1 spiro atoms. The molecule has 134 valence electrons. The topological polar surface area (TPSA) is 18.5 Å². The van der Waals surface area contributed by atoms with E-state index in [4.69, 9.17) is 0 Å². The van der Waals surface area contributed by atoms with E-state index < -0.39 is 0 Å². The Hall–Kier alpha value is 0.160. The maximum absolute atomic E-state index is 3.53. The Labute approximate surface area is 157 Å². The van der Waals surface area contributed by atoms with Crippen molar-refractivity contribution >= 4 is 36.2 Å². The number of aryl methyl sites for hydroxylation is 1. The number of halogens is 2. The van der Waals surface area contributed by atoms with Gasteiger partial charge in [0.1, 0.15) is 0 Å². The van der Waals surface area contributed by atoms with Gasteiger partial charge in [-0.15, -0.1) is 36.2 Å². The zero-order valence-electron chi connectivity index (χ0n) is 14.3. The third kappa shape index (κ3) is 5.07. The van der Waals surface area contributed by atoms with E-state index in [1.807, 2.05) is 11.3 Å². The molecule has 0 amide bonds. The smallest absolute Gasteiger partial charge is 0.0357 e. The summed E-state index contributed by atoms with van der Waals surface area (Å²) in [5.41, 5.74) is 0.409. The number of rotatable bonds is 3. The van der Waals surface area contributed by atoms with Gasteiger partial charge in [-0.05, 0) is 71.0 Å². The molecule has 0 aromatic carbocycles. The maximum atomic E-state index is 3.53. The van der Waals surface area contributed by atoms with Crippen LogP contribution < -0.4 is 5.32 Å². The van der Waals surface area contributed by atoms with Crippen molar-refractivity contribution in [3.63, 3.8) is 0 Å². The summed E-state index contributed by atoms with van der Waals surface area (Å²) >= 11 is 2.00. The van der Waals surface area contributed by atoms with Crippen LogP contribution in [0.4, 0.5) is 0 Å². The molecule has 1 aromatic rings. The number of likely N-dealkylation sites (N-methyl/N-ethyl adjacent to an activating group) is 1. The van der Waals surface area contributed by atoms with Crippen molar-refractivity contribution in [2.45, 2.75) is 44.7 Å². The van der Waals surface area contributed by atoms with E-state index in [9.17, 15) is 0 Å². The Morgan fingerprint density at radius 1 is 1.13 bits per heavy atom. The Balaban J connectivity index is 0.00000132. The minimum Gasteiger partial charge on any atom is -0.317 e. The van der Waals surface area contributed by atoms with E-state index in [1.54, 1.807) is 4.88 Å². The van der Waals surface area contributed by atoms with Crippen molar-refractivity contribution in [1.29, 1.82) is 0 Å².